The highest BCUT2D eigenvalue weighted by Crippen LogP contribution is 2.22. The molecule has 0 aliphatic heterocycles. The van der Waals surface area contributed by atoms with Crippen molar-refractivity contribution in [2.45, 2.75) is 31.7 Å². The second kappa shape index (κ2) is 6.26. The van der Waals surface area contributed by atoms with Crippen molar-refractivity contribution in [2.75, 3.05) is 0 Å². The molecule has 0 amide bonds. The molecule has 0 aliphatic carbocycles. The van der Waals surface area contributed by atoms with E-state index in [0.717, 1.165) is 12.8 Å². The second-order valence-electron chi connectivity index (χ2n) is 2.53. The standard InChI is InChI=1S/C7H14Cl2Si/c1-3-4-5-6-7(2)10(8)9/h3,7,10H,1,4-6H2,2H3. The zero-order valence-corrected chi connectivity index (χ0v) is 8.98. The maximum absolute atomic E-state index is 5.79. The van der Waals surface area contributed by atoms with Crippen LogP contribution < -0.4 is 0 Å². The Morgan fingerprint density at radius 3 is 2.60 bits per heavy atom. The Hall–Kier alpha value is 0.537. The van der Waals surface area contributed by atoms with E-state index in [4.69, 9.17) is 22.2 Å². The molecule has 0 spiro atoms. The summed E-state index contributed by atoms with van der Waals surface area (Å²) < 4.78 is 0. The molecule has 60 valence electrons. The lowest BCUT2D eigenvalue weighted by Crippen LogP contribution is -2.02. The number of hydrogen-bond acceptors (Lipinski definition) is 0. The van der Waals surface area contributed by atoms with Gasteiger partial charge in [-0.1, -0.05) is 19.4 Å². The van der Waals surface area contributed by atoms with Gasteiger partial charge in [0.25, 0.3) is 0 Å². The summed E-state index contributed by atoms with van der Waals surface area (Å²) in [5.41, 5.74) is 0.545. The Bertz CT molecular complexity index is 93.6. The minimum absolute atomic E-state index is 0.545. The van der Waals surface area contributed by atoms with E-state index >= 15 is 0 Å². The predicted molar refractivity (Wildman–Crippen MR) is 52.3 cm³/mol. The van der Waals surface area contributed by atoms with E-state index in [9.17, 15) is 0 Å². The highest BCUT2D eigenvalue weighted by Gasteiger charge is 2.11. The molecule has 0 heterocycles. The molecule has 3 heteroatoms. The molecule has 0 aromatic rings. The zero-order chi connectivity index (χ0) is 7.98. The molecule has 0 aromatic carbocycles. The van der Waals surface area contributed by atoms with E-state index in [1.54, 1.807) is 0 Å². The quantitative estimate of drug-likeness (QED) is 0.274. The third-order valence-electron chi connectivity index (χ3n) is 1.50. The molecular weight excluding hydrogens is 183 g/mol. The SMILES string of the molecule is C=CCCCC(C)[SiH](Cl)Cl. The molecule has 0 aliphatic rings. The van der Waals surface area contributed by atoms with Gasteiger partial charge in [-0.25, -0.2) is 0 Å². The highest BCUT2D eigenvalue weighted by molar-refractivity contribution is 7.34. The average molecular weight is 197 g/mol. The fraction of sp³-hybridized carbons (Fsp3) is 0.714. The van der Waals surface area contributed by atoms with Gasteiger partial charge in [-0.2, -0.15) is 22.2 Å². The van der Waals surface area contributed by atoms with Crippen LogP contribution in [0.2, 0.25) is 5.54 Å². The van der Waals surface area contributed by atoms with Crippen molar-refractivity contribution in [3.63, 3.8) is 0 Å². The molecule has 0 fully saturated rings. The van der Waals surface area contributed by atoms with Crippen molar-refractivity contribution in [1.29, 1.82) is 0 Å². The molecule has 0 rings (SSSR count). The Morgan fingerprint density at radius 2 is 2.20 bits per heavy atom. The van der Waals surface area contributed by atoms with E-state index < -0.39 is 7.42 Å². The fourth-order valence-electron chi connectivity index (χ4n) is 0.710. The van der Waals surface area contributed by atoms with Crippen LogP contribution in [-0.4, -0.2) is 7.42 Å². The third-order valence-corrected chi connectivity index (χ3v) is 5.27. The maximum atomic E-state index is 5.79. The van der Waals surface area contributed by atoms with Gasteiger partial charge in [0, 0.05) is 0 Å². The van der Waals surface area contributed by atoms with Gasteiger partial charge in [-0.3, -0.25) is 0 Å². The van der Waals surface area contributed by atoms with Gasteiger partial charge in [0.1, 0.15) is 0 Å². The number of halogens is 2. The van der Waals surface area contributed by atoms with E-state index in [2.05, 4.69) is 13.5 Å². The monoisotopic (exact) mass is 196 g/mol. The molecule has 0 radical (unpaired) electrons. The molecule has 10 heavy (non-hydrogen) atoms. The van der Waals surface area contributed by atoms with Crippen LogP contribution in [0.15, 0.2) is 12.7 Å². The minimum atomic E-state index is -1.40. The predicted octanol–water partition coefficient (Wildman–Crippen LogP) is 3.43. The first-order chi connectivity index (χ1) is 4.68. The van der Waals surface area contributed by atoms with Crippen LogP contribution in [0.3, 0.4) is 0 Å². The molecule has 0 aromatic heterocycles. The summed E-state index contributed by atoms with van der Waals surface area (Å²) in [4.78, 5) is 0. The topological polar surface area (TPSA) is 0 Å². The number of hydrogen-bond donors (Lipinski definition) is 0. The first-order valence-corrected chi connectivity index (χ1v) is 7.73. The Labute approximate surface area is 74.2 Å². The lowest BCUT2D eigenvalue weighted by Gasteiger charge is -2.08. The smallest absolute Gasteiger partial charge is 0.150 e. The molecule has 1 unspecified atom stereocenters. The molecule has 0 nitrogen and oxygen atoms in total. The van der Waals surface area contributed by atoms with Crippen LogP contribution in [0.1, 0.15) is 26.2 Å². The number of unbranched alkanes of at least 4 members (excludes halogenated alkanes) is 1. The molecule has 0 saturated carbocycles. The van der Waals surface area contributed by atoms with Gasteiger partial charge in [-0.15, -0.1) is 6.58 Å². The molecule has 0 saturated heterocycles. The van der Waals surface area contributed by atoms with Gasteiger partial charge in [0.05, 0.1) is 0 Å². The zero-order valence-electron chi connectivity index (χ0n) is 6.32. The average Bonchev–Trinajstić information content (AvgIpc) is 1.88. The van der Waals surface area contributed by atoms with Crippen LogP contribution in [0.25, 0.3) is 0 Å². The van der Waals surface area contributed by atoms with Crippen molar-refractivity contribution >= 4 is 29.6 Å². The van der Waals surface area contributed by atoms with E-state index in [1.807, 2.05) is 6.08 Å². The molecule has 0 bridgehead atoms. The van der Waals surface area contributed by atoms with Crippen molar-refractivity contribution in [2.24, 2.45) is 0 Å². The number of rotatable bonds is 5. The van der Waals surface area contributed by atoms with Crippen molar-refractivity contribution in [3.05, 3.63) is 12.7 Å². The summed E-state index contributed by atoms with van der Waals surface area (Å²) in [7, 11) is -1.40. The third kappa shape index (κ3) is 5.33. The van der Waals surface area contributed by atoms with Crippen LogP contribution >= 0.6 is 22.2 Å². The maximum Gasteiger partial charge on any atom is 0.239 e. The van der Waals surface area contributed by atoms with E-state index in [-0.39, 0.29) is 0 Å². The van der Waals surface area contributed by atoms with Crippen LogP contribution in [0, 0.1) is 0 Å². The van der Waals surface area contributed by atoms with Gasteiger partial charge >= 0.3 is 0 Å². The first kappa shape index (κ1) is 10.5. The Morgan fingerprint density at radius 1 is 1.60 bits per heavy atom. The van der Waals surface area contributed by atoms with E-state index in [1.165, 1.54) is 6.42 Å². The number of allylic oxidation sites excluding steroid dienone is 1. The molecule has 1 atom stereocenters. The Balaban J connectivity index is 3.21. The second-order valence-corrected chi connectivity index (χ2v) is 7.83. The van der Waals surface area contributed by atoms with Crippen molar-refractivity contribution < 1.29 is 0 Å². The summed E-state index contributed by atoms with van der Waals surface area (Å²) >= 11 is 11.6. The normalized spacial score (nSPS) is 13.6. The lowest BCUT2D eigenvalue weighted by molar-refractivity contribution is 0.724. The van der Waals surface area contributed by atoms with Gasteiger partial charge in [-0.05, 0) is 18.4 Å². The van der Waals surface area contributed by atoms with Crippen molar-refractivity contribution in [1.82, 2.24) is 0 Å². The van der Waals surface area contributed by atoms with Gasteiger partial charge < -0.3 is 0 Å². The summed E-state index contributed by atoms with van der Waals surface area (Å²) in [6.07, 6.45) is 5.34. The Kier molecular flexibility index (Phi) is 6.60. The minimum Gasteiger partial charge on any atom is -0.150 e. The summed E-state index contributed by atoms with van der Waals surface area (Å²) in [6, 6.07) is 0. The summed E-state index contributed by atoms with van der Waals surface area (Å²) in [5.74, 6) is 0. The van der Waals surface area contributed by atoms with E-state index in [0.29, 0.717) is 5.54 Å². The van der Waals surface area contributed by atoms with Crippen LogP contribution in [-0.2, 0) is 0 Å². The summed E-state index contributed by atoms with van der Waals surface area (Å²) in [6.45, 7) is 5.77. The largest absolute Gasteiger partial charge is 0.239 e. The molecule has 0 N–H and O–H groups in total. The van der Waals surface area contributed by atoms with Gasteiger partial charge in [0.2, 0.25) is 7.42 Å². The van der Waals surface area contributed by atoms with Crippen LogP contribution in [0.4, 0.5) is 0 Å². The lowest BCUT2D eigenvalue weighted by atomic mass is 10.2. The highest BCUT2D eigenvalue weighted by atomic mass is 35.7. The first-order valence-electron chi connectivity index (χ1n) is 3.57. The van der Waals surface area contributed by atoms with Crippen molar-refractivity contribution in [3.8, 4) is 0 Å². The summed E-state index contributed by atoms with van der Waals surface area (Å²) in [5, 5.41) is 0. The van der Waals surface area contributed by atoms with Crippen LogP contribution in [0.5, 0.6) is 0 Å². The van der Waals surface area contributed by atoms with Gasteiger partial charge in [0.15, 0.2) is 0 Å². The fourth-order valence-corrected chi connectivity index (χ4v) is 1.95. The molecular formula is C7H14Cl2Si.